The molecule has 2 heterocycles. The van der Waals surface area contributed by atoms with Crippen molar-refractivity contribution >= 4 is 40.0 Å². The Hall–Kier alpha value is -3.37. The van der Waals surface area contributed by atoms with Crippen LogP contribution in [0.25, 0.3) is 10.9 Å². The molecule has 0 bridgehead atoms. The van der Waals surface area contributed by atoms with E-state index in [4.69, 9.17) is 25.8 Å². The number of rotatable bonds is 8. The minimum absolute atomic E-state index is 0.0118. The summed E-state index contributed by atoms with van der Waals surface area (Å²) in [6.07, 6.45) is 2.72. The van der Waals surface area contributed by atoms with Crippen LogP contribution in [-0.4, -0.2) is 67.5 Å². The third-order valence-corrected chi connectivity index (χ3v) is 6.00. The molecule has 1 aliphatic rings. The Morgan fingerprint density at radius 3 is 2.69 bits per heavy atom. The van der Waals surface area contributed by atoms with E-state index in [9.17, 15) is 9.18 Å². The minimum atomic E-state index is -0.497. The highest BCUT2D eigenvalue weighted by Gasteiger charge is 2.25. The molecule has 2 amide bonds. The number of fused-ring (bicyclic) bond motifs is 1. The largest absolute Gasteiger partial charge is 0.493 e. The Morgan fingerprint density at radius 1 is 1.17 bits per heavy atom. The monoisotopic (exact) mass is 503 g/mol. The van der Waals surface area contributed by atoms with Crippen molar-refractivity contribution in [3.8, 4) is 11.5 Å². The van der Waals surface area contributed by atoms with Gasteiger partial charge in [0.1, 0.15) is 24.1 Å². The Balaban J connectivity index is 1.49. The second kappa shape index (κ2) is 11.4. The molecule has 1 aliphatic heterocycles. The molecule has 4 rings (SSSR count). The molecule has 1 aromatic heterocycles. The summed E-state index contributed by atoms with van der Waals surface area (Å²) in [5, 5.41) is 6.72. The van der Waals surface area contributed by atoms with Crippen LogP contribution in [0.2, 0.25) is 5.02 Å². The number of anilines is 2. The molecule has 0 unspecified atom stereocenters. The fourth-order valence-electron chi connectivity index (χ4n) is 3.85. The fourth-order valence-corrected chi connectivity index (χ4v) is 4.03. The van der Waals surface area contributed by atoms with E-state index in [0.29, 0.717) is 73.0 Å². The number of aromatic nitrogens is 2. The number of hydrogen-bond acceptors (Lipinski definition) is 7. The van der Waals surface area contributed by atoms with Crippen LogP contribution < -0.4 is 20.1 Å². The maximum atomic E-state index is 13.5. The average Bonchev–Trinajstić information content (AvgIpc) is 2.87. The molecule has 2 aromatic carbocycles. The van der Waals surface area contributed by atoms with Gasteiger partial charge in [0.25, 0.3) is 0 Å². The molecule has 2 N–H and O–H groups in total. The zero-order valence-corrected chi connectivity index (χ0v) is 20.3. The number of nitrogens with zero attached hydrogens (tertiary/aromatic N) is 3. The molecule has 0 atom stereocenters. The molecule has 186 valence electrons. The maximum absolute atomic E-state index is 13.5. The van der Waals surface area contributed by atoms with Crippen LogP contribution in [0.4, 0.5) is 20.7 Å². The number of benzene rings is 2. The quantitative estimate of drug-likeness (QED) is 0.440. The topological polar surface area (TPSA) is 97.8 Å². The summed E-state index contributed by atoms with van der Waals surface area (Å²) in [5.74, 6) is 1.13. The first-order valence-corrected chi connectivity index (χ1v) is 11.6. The molecular weight excluding hydrogens is 477 g/mol. The van der Waals surface area contributed by atoms with Crippen LogP contribution in [0.3, 0.4) is 0 Å². The lowest BCUT2D eigenvalue weighted by Gasteiger charge is -2.32. The van der Waals surface area contributed by atoms with Gasteiger partial charge < -0.3 is 29.7 Å². The molecule has 0 saturated carbocycles. The zero-order chi connectivity index (χ0) is 24.8. The Kier molecular flexibility index (Phi) is 8.04. The number of ether oxygens (including phenoxy) is 3. The Bertz CT molecular complexity index is 1190. The average molecular weight is 504 g/mol. The van der Waals surface area contributed by atoms with Crippen LogP contribution in [-0.2, 0) is 4.74 Å². The second-order valence-electron chi connectivity index (χ2n) is 8.03. The second-order valence-corrected chi connectivity index (χ2v) is 8.43. The first-order chi connectivity index (χ1) is 17.0. The summed E-state index contributed by atoms with van der Waals surface area (Å²) < 4.78 is 30.3. The smallest absolute Gasteiger partial charge is 0.317 e. The number of methoxy groups -OCH3 is 2. The predicted molar refractivity (Wildman–Crippen MR) is 131 cm³/mol. The highest BCUT2D eigenvalue weighted by Crippen LogP contribution is 2.36. The molecule has 11 heteroatoms. The lowest BCUT2D eigenvalue weighted by molar-refractivity contribution is 0.107. The predicted octanol–water partition coefficient (Wildman–Crippen LogP) is 4.37. The highest BCUT2D eigenvalue weighted by atomic mass is 35.5. The summed E-state index contributed by atoms with van der Waals surface area (Å²) in [6, 6.07) is 7.87. The number of piperidine rings is 1. The molecule has 35 heavy (non-hydrogen) atoms. The van der Waals surface area contributed by atoms with Crippen molar-refractivity contribution in [3.63, 3.8) is 0 Å². The SMILES string of the molecule is COCCNC(=O)N1CCC(Oc2cc3c(Nc4ccc(F)c(Cl)c4)ncnc3cc2OC)CC1. The van der Waals surface area contributed by atoms with Crippen LogP contribution in [0.15, 0.2) is 36.7 Å². The number of halogens is 2. The summed E-state index contributed by atoms with van der Waals surface area (Å²) in [4.78, 5) is 22.7. The van der Waals surface area contributed by atoms with Crippen LogP contribution in [0.1, 0.15) is 12.8 Å². The molecule has 0 aliphatic carbocycles. The molecule has 3 aromatic rings. The molecule has 9 nitrogen and oxygen atoms in total. The number of carbonyl (C=O) groups is 1. The molecule has 1 fully saturated rings. The first kappa shape index (κ1) is 24.7. The zero-order valence-electron chi connectivity index (χ0n) is 19.5. The van der Waals surface area contributed by atoms with Gasteiger partial charge in [-0.05, 0) is 24.3 Å². The molecular formula is C24H27ClFN5O4. The number of hydrogen-bond donors (Lipinski definition) is 2. The number of carbonyl (C=O) groups excluding carboxylic acids is 1. The van der Waals surface area contributed by atoms with Crippen LogP contribution >= 0.6 is 11.6 Å². The summed E-state index contributed by atoms with van der Waals surface area (Å²) in [5.41, 5.74) is 1.24. The van der Waals surface area contributed by atoms with Gasteiger partial charge in [0.15, 0.2) is 11.5 Å². The van der Waals surface area contributed by atoms with E-state index in [1.165, 1.54) is 18.5 Å². The van der Waals surface area contributed by atoms with E-state index in [2.05, 4.69) is 20.6 Å². The van der Waals surface area contributed by atoms with Gasteiger partial charge in [0.2, 0.25) is 0 Å². The molecule has 1 saturated heterocycles. The standard InChI is InChI=1S/C24H27ClFN5O4/c1-33-10-7-27-24(32)31-8-5-16(6-9-31)35-22-12-17-20(13-21(22)34-2)28-14-29-23(17)30-15-3-4-19(26)18(25)11-15/h3-4,11-14,16H,5-10H2,1-2H3,(H,27,32)(H,28,29,30). The van der Waals surface area contributed by atoms with Crippen molar-refractivity contribution in [1.29, 1.82) is 0 Å². The lowest BCUT2D eigenvalue weighted by atomic mass is 10.1. The van der Waals surface area contributed by atoms with Crippen molar-refractivity contribution in [2.75, 3.05) is 45.8 Å². The van der Waals surface area contributed by atoms with Crippen molar-refractivity contribution in [1.82, 2.24) is 20.2 Å². The highest BCUT2D eigenvalue weighted by molar-refractivity contribution is 6.31. The first-order valence-electron chi connectivity index (χ1n) is 11.2. The van der Waals surface area contributed by atoms with Gasteiger partial charge in [-0.2, -0.15) is 0 Å². The van der Waals surface area contributed by atoms with Crippen molar-refractivity contribution in [2.45, 2.75) is 18.9 Å². The summed E-state index contributed by atoms with van der Waals surface area (Å²) >= 11 is 5.91. The van der Waals surface area contributed by atoms with Crippen LogP contribution in [0.5, 0.6) is 11.5 Å². The van der Waals surface area contributed by atoms with Gasteiger partial charge in [-0.3, -0.25) is 0 Å². The molecule has 0 spiro atoms. The van der Waals surface area contributed by atoms with E-state index >= 15 is 0 Å². The normalized spacial score (nSPS) is 14.1. The van der Waals surface area contributed by atoms with E-state index in [1.807, 2.05) is 6.07 Å². The fraction of sp³-hybridized carbons (Fsp3) is 0.375. The van der Waals surface area contributed by atoms with Gasteiger partial charge in [-0.1, -0.05) is 11.6 Å². The van der Waals surface area contributed by atoms with Crippen molar-refractivity contribution in [2.24, 2.45) is 0 Å². The van der Waals surface area contributed by atoms with E-state index in [1.54, 1.807) is 31.3 Å². The van der Waals surface area contributed by atoms with Crippen molar-refractivity contribution < 1.29 is 23.4 Å². The Labute approximate surface area is 207 Å². The summed E-state index contributed by atoms with van der Waals surface area (Å²) in [7, 11) is 3.17. The van der Waals surface area contributed by atoms with E-state index in [0.717, 1.165) is 0 Å². The van der Waals surface area contributed by atoms with Gasteiger partial charge in [-0.15, -0.1) is 0 Å². The molecule has 0 radical (unpaired) electrons. The third-order valence-electron chi connectivity index (χ3n) is 5.71. The maximum Gasteiger partial charge on any atom is 0.317 e. The van der Waals surface area contributed by atoms with Gasteiger partial charge in [0, 0.05) is 56.7 Å². The number of nitrogens with one attached hydrogen (secondary N) is 2. The van der Waals surface area contributed by atoms with Gasteiger partial charge in [0.05, 0.1) is 24.3 Å². The number of likely N-dealkylation sites (tertiary alicyclic amines) is 1. The van der Waals surface area contributed by atoms with Gasteiger partial charge >= 0.3 is 6.03 Å². The Morgan fingerprint density at radius 2 is 1.97 bits per heavy atom. The lowest BCUT2D eigenvalue weighted by Crippen LogP contribution is -2.47. The summed E-state index contributed by atoms with van der Waals surface area (Å²) in [6.45, 7) is 2.12. The number of urea groups is 1. The minimum Gasteiger partial charge on any atom is -0.493 e. The van der Waals surface area contributed by atoms with E-state index in [-0.39, 0.29) is 17.2 Å². The van der Waals surface area contributed by atoms with Gasteiger partial charge in [-0.25, -0.2) is 19.2 Å². The van der Waals surface area contributed by atoms with E-state index < -0.39 is 5.82 Å². The number of amides is 2. The van der Waals surface area contributed by atoms with Crippen molar-refractivity contribution in [3.05, 3.63) is 47.5 Å². The van der Waals surface area contributed by atoms with Crippen LogP contribution in [0, 0.1) is 5.82 Å². The third kappa shape index (κ3) is 6.01.